The summed E-state index contributed by atoms with van der Waals surface area (Å²) < 4.78 is 34.0. The summed E-state index contributed by atoms with van der Waals surface area (Å²) in [6.45, 7) is 7.95. The van der Waals surface area contributed by atoms with Crippen LogP contribution >= 0.6 is 0 Å². The van der Waals surface area contributed by atoms with Crippen LogP contribution in [-0.2, 0) is 20.7 Å². The van der Waals surface area contributed by atoms with Crippen LogP contribution in [0.1, 0.15) is 56.2 Å². The van der Waals surface area contributed by atoms with Crippen molar-refractivity contribution in [2.45, 2.75) is 49.3 Å². The Morgan fingerprint density at radius 3 is 1.97 bits per heavy atom. The maximum Gasteiger partial charge on any atom is 0.330 e. The van der Waals surface area contributed by atoms with Gasteiger partial charge in [-0.05, 0) is 59.4 Å². The highest BCUT2D eigenvalue weighted by Gasteiger charge is 2.18. The van der Waals surface area contributed by atoms with E-state index in [1.54, 1.807) is 12.1 Å². The molecule has 0 aliphatic rings. The molecule has 2 amide bonds. The van der Waals surface area contributed by atoms with E-state index in [4.69, 9.17) is 4.78 Å². The van der Waals surface area contributed by atoms with Gasteiger partial charge in [0.05, 0.1) is 16.5 Å². The third-order valence-corrected chi connectivity index (χ3v) is 6.75. The van der Waals surface area contributed by atoms with Gasteiger partial charge >= 0.3 is 6.03 Å². The fourth-order valence-electron chi connectivity index (χ4n) is 2.92. The SMILES string of the molecule is CC(C)c1cc(C#N)cc(C(C)C)c1NC(=O)N[S@](=N)c1ccc(S(C)(=O)=O)cc1. The highest BCUT2D eigenvalue weighted by Crippen LogP contribution is 2.33. The van der Waals surface area contributed by atoms with Crippen LogP contribution in [0, 0.1) is 16.1 Å². The number of carbonyl (C=O) groups excluding carboxylic acids is 1. The van der Waals surface area contributed by atoms with Crippen LogP contribution in [0.15, 0.2) is 46.2 Å². The van der Waals surface area contributed by atoms with Crippen LogP contribution in [-0.4, -0.2) is 20.7 Å². The van der Waals surface area contributed by atoms with E-state index in [1.165, 1.54) is 24.3 Å². The highest BCUT2D eigenvalue weighted by molar-refractivity contribution is 7.90. The lowest BCUT2D eigenvalue weighted by Crippen LogP contribution is -2.31. The number of nitriles is 1. The molecule has 0 spiro atoms. The molecule has 0 unspecified atom stereocenters. The third-order valence-electron chi connectivity index (χ3n) is 4.49. The molecule has 30 heavy (non-hydrogen) atoms. The average Bonchev–Trinajstić information content (AvgIpc) is 2.66. The Balaban J connectivity index is 2.27. The standard InChI is InChI=1S/C21H26N4O3S2/c1-13(2)18-10-15(12-22)11-19(14(3)4)20(18)24-21(26)25-29(23)16-6-8-17(9-7-16)30(5,27)28/h6-11,13-14H,1-5H3,(H3,23,24,25,26)/t29-/m0/s1. The topological polar surface area (TPSA) is 123 Å². The zero-order valence-electron chi connectivity index (χ0n) is 17.6. The molecule has 3 N–H and O–H groups in total. The summed E-state index contributed by atoms with van der Waals surface area (Å²) in [6.07, 6.45) is 1.12. The molecule has 1 atom stereocenters. The first-order valence-electron chi connectivity index (χ1n) is 9.35. The van der Waals surface area contributed by atoms with Gasteiger partial charge in [-0.2, -0.15) is 5.26 Å². The quantitative estimate of drug-likeness (QED) is 0.596. The lowest BCUT2D eigenvalue weighted by atomic mass is 9.90. The van der Waals surface area contributed by atoms with Crippen LogP contribution in [0.2, 0.25) is 0 Å². The summed E-state index contributed by atoms with van der Waals surface area (Å²) in [7, 11) is -4.69. The number of nitrogens with one attached hydrogen (secondary N) is 3. The number of urea groups is 1. The Labute approximate surface area is 180 Å². The van der Waals surface area contributed by atoms with E-state index in [2.05, 4.69) is 16.1 Å². The second kappa shape index (κ2) is 9.41. The Morgan fingerprint density at radius 1 is 1.07 bits per heavy atom. The van der Waals surface area contributed by atoms with Crippen LogP contribution in [0.4, 0.5) is 10.5 Å². The van der Waals surface area contributed by atoms with Gasteiger partial charge in [-0.3, -0.25) is 9.50 Å². The van der Waals surface area contributed by atoms with Crippen LogP contribution in [0.3, 0.4) is 0 Å². The van der Waals surface area contributed by atoms with E-state index in [9.17, 15) is 18.5 Å². The Bertz CT molecular complexity index is 1090. The minimum atomic E-state index is -3.32. The average molecular weight is 447 g/mol. The second-order valence-electron chi connectivity index (χ2n) is 7.56. The van der Waals surface area contributed by atoms with Crippen molar-refractivity contribution >= 4 is 32.4 Å². The van der Waals surface area contributed by atoms with Gasteiger partial charge in [0.1, 0.15) is 0 Å². The van der Waals surface area contributed by atoms with Gasteiger partial charge in [-0.1, -0.05) is 27.7 Å². The van der Waals surface area contributed by atoms with Crippen molar-refractivity contribution in [3.63, 3.8) is 0 Å². The molecule has 0 fully saturated rings. The van der Waals surface area contributed by atoms with Crippen LogP contribution in [0.5, 0.6) is 0 Å². The fourth-order valence-corrected chi connectivity index (χ4v) is 4.31. The van der Waals surface area contributed by atoms with Crippen LogP contribution < -0.4 is 10.0 Å². The van der Waals surface area contributed by atoms with Crippen molar-refractivity contribution < 1.29 is 13.2 Å². The van der Waals surface area contributed by atoms with E-state index < -0.39 is 26.7 Å². The molecule has 0 radical (unpaired) electrons. The molecule has 0 saturated carbocycles. The second-order valence-corrected chi connectivity index (χ2v) is 10.9. The van der Waals surface area contributed by atoms with E-state index in [1.807, 2.05) is 27.7 Å². The van der Waals surface area contributed by atoms with Gasteiger partial charge in [0.2, 0.25) is 0 Å². The highest BCUT2D eigenvalue weighted by atomic mass is 32.2. The van der Waals surface area contributed by atoms with E-state index >= 15 is 0 Å². The van der Waals surface area contributed by atoms with Gasteiger partial charge in [-0.15, -0.1) is 0 Å². The molecule has 0 heterocycles. The molecule has 0 saturated heterocycles. The molecule has 0 aliphatic heterocycles. The number of sulfone groups is 1. The molecule has 2 aromatic rings. The molecule has 7 nitrogen and oxygen atoms in total. The molecule has 2 aromatic carbocycles. The fraction of sp³-hybridized carbons (Fsp3) is 0.333. The minimum Gasteiger partial charge on any atom is -0.307 e. The van der Waals surface area contributed by atoms with E-state index in [-0.39, 0.29) is 16.7 Å². The van der Waals surface area contributed by atoms with Gasteiger partial charge in [0.25, 0.3) is 0 Å². The van der Waals surface area contributed by atoms with Gasteiger partial charge < -0.3 is 5.32 Å². The number of hydrogen-bond donors (Lipinski definition) is 3. The molecule has 9 heteroatoms. The van der Waals surface area contributed by atoms with Crippen molar-refractivity contribution in [3.05, 3.63) is 53.1 Å². The number of benzene rings is 2. The van der Waals surface area contributed by atoms with Crippen molar-refractivity contribution in [1.82, 2.24) is 4.72 Å². The Kier molecular flexibility index (Phi) is 7.39. The third kappa shape index (κ3) is 5.68. The van der Waals surface area contributed by atoms with Crippen LogP contribution in [0.25, 0.3) is 0 Å². The smallest absolute Gasteiger partial charge is 0.307 e. The summed E-state index contributed by atoms with van der Waals surface area (Å²) in [5, 5.41) is 12.2. The lowest BCUT2D eigenvalue weighted by Gasteiger charge is -2.21. The molecule has 160 valence electrons. The molecule has 0 aliphatic carbocycles. The normalized spacial score (nSPS) is 12.5. The Hall–Kier alpha value is -2.70. The van der Waals surface area contributed by atoms with E-state index in [0.29, 0.717) is 16.1 Å². The summed E-state index contributed by atoms with van der Waals surface area (Å²) >= 11 is 0. The first-order valence-corrected chi connectivity index (χ1v) is 12.5. The number of carbonyl (C=O) groups is 1. The van der Waals surface area contributed by atoms with Gasteiger partial charge in [0.15, 0.2) is 9.84 Å². The number of anilines is 1. The zero-order valence-corrected chi connectivity index (χ0v) is 19.2. The number of nitrogens with zero attached hydrogens (tertiary/aromatic N) is 1. The first kappa shape index (κ1) is 23.6. The Morgan fingerprint density at radius 2 is 1.57 bits per heavy atom. The summed E-state index contributed by atoms with van der Waals surface area (Å²) in [5.41, 5.74) is 2.91. The predicted molar refractivity (Wildman–Crippen MR) is 119 cm³/mol. The monoisotopic (exact) mass is 446 g/mol. The summed E-state index contributed by atoms with van der Waals surface area (Å²) in [6, 6.07) is 11.1. The predicted octanol–water partition coefficient (Wildman–Crippen LogP) is 4.68. The zero-order chi connectivity index (χ0) is 22.6. The first-order chi connectivity index (χ1) is 13.9. The van der Waals surface area contributed by atoms with Crippen molar-refractivity contribution in [3.8, 4) is 6.07 Å². The summed E-state index contributed by atoms with van der Waals surface area (Å²) in [5.74, 6) is 0.174. The largest absolute Gasteiger partial charge is 0.330 e. The van der Waals surface area contributed by atoms with Crippen molar-refractivity contribution in [2.75, 3.05) is 11.6 Å². The van der Waals surface area contributed by atoms with Crippen molar-refractivity contribution in [2.24, 2.45) is 0 Å². The lowest BCUT2D eigenvalue weighted by molar-refractivity contribution is 0.257. The van der Waals surface area contributed by atoms with Gasteiger partial charge in [0, 0.05) is 27.7 Å². The molecule has 0 aromatic heterocycles. The number of hydrogen-bond acceptors (Lipinski definition) is 5. The molecular formula is C21H26N4O3S2. The molecular weight excluding hydrogens is 420 g/mol. The maximum absolute atomic E-state index is 12.6. The van der Waals surface area contributed by atoms with Gasteiger partial charge in [-0.25, -0.2) is 13.2 Å². The minimum absolute atomic E-state index is 0.0869. The molecule has 2 rings (SSSR count). The number of amides is 2. The molecule has 0 bridgehead atoms. The number of rotatable bonds is 6. The van der Waals surface area contributed by atoms with Crippen molar-refractivity contribution in [1.29, 1.82) is 10.0 Å². The summed E-state index contributed by atoms with van der Waals surface area (Å²) in [4.78, 5) is 13.3. The van der Waals surface area contributed by atoms with E-state index in [0.717, 1.165) is 17.4 Å². The maximum atomic E-state index is 12.6.